The molecular formula is C15H23NO3Sn. The Kier molecular flexibility index (Phi) is 5.62. The van der Waals surface area contributed by atoms with E-state index < -0.39 is 30.4 Å². The first-order valence-corrected chi connectivity index (χ1v) is 16.7. The molecule has 20 heavy (non-hydrogen) atoms. The number of carbonyl (C=O) groups excluding carboxylic acids is 1. The van der Waals surface area contributed by atoms with Crippen LogP contribution in [0.3, 0.4) is 0 Å². The molecule has 0 aromatic heterocycles. The van der Waals surface area contributed by atoms with E-state index in [1.54, 1.807) is 0 Å². The van der Waals surface area contributed by atoms with Crippen molar-refractivity contribution >= 4 is 33.8 Å². The summed E-state index contributed by atoms with van der Waals surface area (Å²) in [5.41, 5.74) is 0.936. The van der Waals surface area contributed by atoms with Crippen LogP contribution in [0.5, 0.6) is 0 Å². The molecule has 110 valence electrons. The molecular weight excluding hydrogens is 361 g/mol. The van der Waals surface area contributed by atoms with Gasteiger partial charge < -0.3 is 0 Å². The van der Waals surface area contributed by atoms with Crippen LogP contribution in [0.1, 0.15) is 25.3 Å². The van der Waals surface area contributed by atoms with E-state index in [-0.39, 0.29) is 11.8 Å². The van der Waals surface area contributed by atoms with Crippen molar-refractivity contribution in [1.82, 2.24) is 5.32 Å². The topological polar surface area (TPSA) is 66.4 Å². The van der Waals surface area contributed by atoms with E-state index in [1.165, 1.54) is 10.5 Å². The van der Waals surface area contributed by atoms with Crippen LogP contribution in [-0.2, 0) is 9.59 Å². The number of carbonyl (C=O) groups is 2. The van der Waals surface area contributed by atoms with Gasteiger partial charge in [0.05, 0.1) is 0 Å². The summed E-state index contributed by atoms with van der Waals surface area (Å²) in [7, 11) is 0. The molecule has 2 N–H and O–H groups in total. The molecule has 0 aliphatic rings. The van der Waals surface area contributed by atoms with Gasteiger partial charge in [-0.2, -0.15) is 0 Å². The second-order valence-electron chi connectivity index (χ2n) is 6.18. The molecule has 0 heterocycles. The number of carboxylic acid groups (broad SMARTS) is 1. The van der Waals surface area contributed by atoms with Crippen LogP contribution in [0.25, 0.3) is 0 Å². The zero-order valence-electron chi connectivity index (χ0n) is 12.7. The molecule has 4 nitrogen and oxygen atoms in total. The fourth-order valence-electron chi connectivity index (χ4n) is 2.10. The molecule has 1 unspecified atom stereocenters. The van der Waals surface area contributed by atoms with E-state index in [9.17, 15) is 14.7 Å². The molecule has 5 heteroatoms. The average molecular weight is 384 g/mol. The van der Waals surface area contributed by atoms with Gasteiger partial charge in [0.25, 0.3) is 0 Å². The number of aliphatic carboxylic acids is 1. The quantitative estimate of drug-likeness (QED) is 0.763. The third-order valence-electron chi connectivity index (χ3n) is 3.43. The van der Waals surface area contributed by atoms with Crippen molar-refractivity contribution in [3.63, 3.8) is 0 Å². The number of hydrogen-bond donors (Lipinski definition) is 2. The van der Waals surface area contributed by atoms with Crippen molar-refractivity contribution < 1.29 is 14.7 Å². The van der Waals surface area contributed by atoms with Crippen LogP contribution in [-0.4, -0.2) is 41.4 Å². The Morgan fingerprint density at radius 1 is 1.15 bits per heavy atom. The van der Waals surface area contributed by atoms with Crippen molar-refractivity contribution in [3.8, 4) is 0 Å². The number of rotatable bonds is 5. The van der Waals surface area contributed by atoms with Gasteiger partial charge in [0, 0.05) is 0 Å². The van der Waals surface area contributed by atoms with E-state index in [2.05, 4.69) is 32.3 Å². The van der Waals surface area contributed by atoms with Gasteiger partial charge in [-0.1, -0.05) is 0 Å². The summed E-state index contributed by atoms with van der Waals surface area (Å²) >= 11 is -2.08. The number of hydrogen-bond acceptors (Lipinski definition) is 2. The van der Waals surface area contributed by atoms with Crippen molar-refractivity contribution in [2.75, 3.05) is 0 Å². The predicted octanol–water partition coefficient (Wildman–Crippen LogP) is 1.92. The van der Waals surface area contributed by atoms with Crippen LogP contribution in [0, 0.1) is 0 Å². The molecule has 1 amide bonds. The average Bonchev–Trinajstić information content (AvgIpc) is 2.33. The molecule has 0 saturated carbocycles. The first-order chi connectivity index (χ1) is 9.12. The monoisotopic (exact) mass is 385 g/mol. The summed E-state index contributed by atoms with van der Waals surface area (Å²) in [6, 6.07) is 7.29. The second-order valence-corrected chi connectivity index (χ2v) is 20.7. The Labute approximate surface area is 124 Å². The van der Waals surface area contributed by atoms with Gasteiger partial charge in [0.1, 0.15) is 0 Å². The zero-order chi connectivity index (χ0) is 15.5. The molecule has 0 fully saturated rings. The normalized spacial score (nSPS) is 14.4. The molecule has 0 bridgehead atoms. The minimum absolute atomic E-state index is 0.263. The summed E-state index contributed by atoms with van der Waals surface area (Å²) in [5.74, 6) is -1.60. The van der Waals surface area contributed by atoms with E-state index in [4.69, 9.17) is 0 Å². The van der Waals surface area contributed by atoms with E-state index in [0.29, 0.717) is 0 Å². The molecule has 0 radical (unpaired) electrons. The number of nitrogens with one attached hydrogen (secondary N) is 1. The van der Waals surface area contributed by atoms with Gasteiger partial charge in [-0.25, -0.2) is 0 Å². The summed E-state index contributed by atoms with van der Waals surface area (Å²) in [6.07, 6.45) is 0. The van der Waals surface area contributed by atoms with Gasteiger partial charge in [-0.05, 0) is 0 Å². The molecule has 0 aliphatic carbocycles. The fraction of sp³-hybridized carbons (Fsp3) is 0.467. The van der Waals surface area contributed by atoms with Crippen molar-refractivity contribution in [2.24, 2.45) is 0 Å². The van der Waals surface area contributed by atoms with E-state index >= 15 is 0 Å². The summed E-state index contributed by atoms with van der Waals surface area (Å²) in [4.78, 5) is 29.4. The maximum absolute atomic E-state index is 11.3. The molecule has 0 aliphatic heterocycles. The number of carboxylic acids is 1. The van der Waals surface area contributed by atoms with Crippen LogP contribution in [0.2, 0.25) is 14.8 Å². The zero-order valence-corrected chi connectivity index (χ0v) is 15.6. The van der Waals surface area contributed by atoms with Gasteiger partial charge in [-0.15, -0.1) is 0 Å². The number of benzene rings is 1. The molecule has 1 aromatic carbocycles. The van der Waals surface area contributed by atoms with Crippen LogP contribution < -0.4 is 8.90 Å². The molecule has 1 aromatic rings. The molecule has 0 spiro atoms. The SMILES string of the molecule is CC(=O)N[C@H](C(=O)O)C(C)c1cc[c]([Sn]([CH3])([CH3])[CH3])cc1. The molecule has 2 atom stereocenters. The van der Waals surface area contributed by atoms with Crippen LogP contribution in [0.15, 0.2) is 24.3 Å². The molecule has 0 saturated heterocycles. The Balaban J connectivity index is 2.98. The Morgan fingerprint density at radius 2 is 1.65 bits per heavy atom. The van der Waals surface area contributed by atoms with Crippen LogP contribution >= 0.6 is 0 Å². The maximum atomic E-state index is 11.3. The van der Waals surface area contributed by atoms with Crippen molar-refractivity contribution in [2.45, 2.75) is 40.6 Å². The van der Waals surface area contributed by atoms with Gasteiger partial charge in [0.2, 0.25) is 0 Å². The predicted molar refractivity (Wildman–Crippen MR) is 83.1 cm³/mol. The first-order valence-electron chi connectivity index (χ1n) is 6.73. The second kappa shape index (κ2) is 6.61. The third-order valence-corrected chi connectivity index (χ3v) is 9.32. The first kappa shape index (κ1) is 17.0. The Morgan fingerprint density at radius 3 is 2.00 bits per heavy atom. The van der Waals surface area contributed by atoms with Crippen LogP contribution in [0.4, 0.5) is 0 Å². The standard InChI is InChI=1S/C12H14NO3.3CH3.Sn/c1-8(10-6-4-3-5-7-10)11(12(15)16)13-9(2)14;;;;/h4-8,11H,1-2H3,(H,13,14)(H,15,16);3*1H3;/t8?,11-;;;;/m0..../s1. The van der Waals surface area contributed by atoms with E-state index in [1.807, 2.05) is 19.1 Å². The Hall–Kier alpha value is -1.04. The summed E-state index contributed by atoms with van der Waals surface area (Å²) < 4.78 is 1.40. The summed E-state index contributed by atoms with van der Waals surface area (Å²) in [5, 5.41) is 11.7. The minimum atomic E-state index is -2.08. The number of amides is 1. The van der Waals surface area contributed by atoms with Crippen molar-refractivity contribution in [3.05, 3.63) is 29.8 Å². The molecule has 1 rings (SSSR count). The fourth-order valence-corrected chi connectivity index (χ4v) is 5.43. The third kappa shape index (κ3) is 4.51. The van der Waals surface area contributed by atoms with Gasteiger partial charge >= 0.3 is 124 Å². The van der Waals surface area contributed by atoms with E-state index in [0.717, 1.165) is 5.56 Å². The summed E-state index contributed by atoms with van der Waals surface area (Å²) in [6.45, 7) is 3.16. The Bertz CT molecular complexity index is 491. The van der Waals surface area contributed by atoms with Crippen molar-refractivity contribution in [1.29, 1.82) is 0 Å². The van der Waals surface area contributed by atoms with Gasteiger partial charge in [0.15, 0.2) is 0 Å². The van der Waals surface area contributed by atoms with Gasteiger partial charge in [-0.3, -0.25) is 0 Å².